The maximum Gasteiger partial charge on any atom is 0.318 e. The van der Waals surface area contributed by atoms with Gasteiger partial charge in [0.25, 0.3) is 0 Å². The van der Waals surface area contributed by atoms with Crippen LogP contribution in [0.4, 0.5) is 6.01 Å². The van der Waals surface area contributed by atoms with Gasteiger partial charge in [0.15, 0.2) is 0 Å². The van der Waals surface area contributed by atoms with Gasteiger partial charge in [0, 0.05) is 32.6 Å². The van der Waals surface area contributed by atoms with Crippen molar-refractivity contribution < 1.29 is 12.8 Å². The molecule has 2 saturated heterocycles. The topological polar surface area (TPSA) is 79.5 Å². The molecule has 2 aliphatic rings. The Labute approximate surface area is 112 Å². The molecule has 0 aliphatic carbocycles. The van der Waals surface area contributed by atoms with Crippen molar-refractivity contribution in [3.05, 3.63) is 5.89 Å². The van der Waals surface area contributed by atoms with E-state index in [0.29, 0.717) is 25.0 Å². The number of anilines is 1. The molecule has 1 atom stereocenters. The molecule has 0 amide bonds. The fourth-order valence-corrected chi connectivity index (χ4v) is 4.61. The van der Waals surface area contributed by atoms with Crippen molar-refractivity contribution in [2.75, 3.05) is 30.3 Å². The van der Waals surface area contributed by atoms with E-state index in [1.165, 1.54) is 0 Å². The molecule has 7 nitrogen and oxygen atoms in total. The second kappa shape index (κ2) is 4.75. The smallest absolute Gasteiger partial charge is 0.318 e. The summed E-state index contributed by atoms with van der Waals surface area (Å²) in [6, 6.07) is 0.534. The fourth-order valence-electron chi connectivity index (χ4n) is 2.85. The van der Waals surface area contributed by atoms with Gasteiger partial charge in [-0.25, -0.2) is 8.42 Å². The molecule has 19 heavy (non-hydrogen) atoms. The molecule has 0 radical (unpaired) electrons. The highest BCUT2D eigenvalue weighted by molar-refractivity contribution is 7.89. The van der Waals surface area contributed by atoms with E-state index in [-0.39, 0.29) is 11.8 Å². The van der Waals surface area contributed by atoms with Crippen molar-refractivity contribution in [1.82, 2.24) is 14.5 Å². The van der Waals surface area contributed by atoms with Crippen molar-refractivity contribution in [2.45, 2.75) is 32.2 Å². The molecule has 8 heteroatoms. The summed E-state index contributed by atoms with van der Waals surface area (Å²) in [5.74, 6) is 0.814. The van der Waals surface area contributed by atoms with E-state index in [2.05, 4.69) is 10.2 Å². The van der Waals surface area contributed by atoms with Gasteiger partial charge in [0.1, 0.15) is 0 Å². The average Bonchev–Trinajstić information content (AvgIpc) is 2.95. The Bertz CT molecular complexity index is 556. The summed E-state index contributed by atoms with van der Waals surface area (Å²) in [6.45, 7) is 3.87. The first-order valence-electron chi connectivity index (χ1n) is 6.61. The van der Waals surface area contributed by atoms with Gasteiger partial charge in [0.05, 0.1) is 5.75 Å². The van der Waals surface area contributed by atoms with Gasteiger partial charge in [-0.1, -0.05) is 5.10 Å². The van der Waals surface area contributed by atoms with Gasteiger partial charge in [-0.2, -0.15) is 4.31 Å². The van der Waals surface area contributed by atoms with Crippen LogP contribution in [-0.2, 0) is 10.0 Å². The highest BCUT2D eigenvalue weighted by Gasteiger charge is 2.37. The number of nitrogens with zero attached hydrogens (tertiary/aromatic N) is 4. The number of aromatic nitrogens is 2. The summed E-state index contributed by atoms with van der Waals surface area (Å²) in [6.07, 6.45) is 2.58. The Morgan fingerprint density at radius 2 is 2.11 bits per heavy atom. The van der Waals surface area contributed by atoms with E-state index in [1.54, 1.807) is 11.2 Å². The maximum absolute atomic E-state index is 12.0. The summed E-state index contributed by atoms with van der Waals surface area (Å²) < 4.78 is 31.0. The molecule has 1 aromatic heterocycles. The maximum atomic E-state index is 12.0. The summed E-state index contributed by atoms with van der Waals surface area (Å²) >= 11 is 0. The monoisotopic (exact) mass is 286 g/mol. The lowest BCUT2D eigenvalue weighted by Gasteiger charge is -2.35. The number of piperidine rings is 1. The van der Waals surface area contributed by atoms with Gasteiger partial charge >= 0.3 is 6.01 Å². The minimum absolute atomic E-state index is 0.0356. The third-order valence-corrected chi connectivity index (χ3v) is 5.73. The van der Waals surface area contributed by atoms with Crippen molar-refractivity contribution >= 4 is 16.0 Å². The molecule has 106 valence electrons. The van der Waals surface area contributed by atoms with Crippen LogP contribution in [0.25, 0.3) is 0 Å². The summed E-state index contributed by atoms with van der Waals surface area (Å²) in [5, 5.41) is 7.83. The minimum atomic E-state index is -3.05. The van der Waals surface area contributed by atoms with Crippen LogP contribution >= 0.6 is 0 Å². The minimum Gasteiger partial charge on any atom is -0.408 e. The number of hydrogen-bond donors (Lipinski definition) is 0. The van der Waals surface area contributed by atoms with Crippen LogP contribution in [0.1, 0.15) is 25.2 Å². The van der Waals surface area contributed by atoms with Crippen LogP contribution in [0.15, 0.2) is 4.42 Å². The lowest BCUT2D eigenvalue weighted by molar-refractivity contribution is 0.292. The zero-order chi connectivity index (χ0) is 13.5. The second-order valence-electron chi connectivity index (χ2n) is 5.13. The first-order chi connectivity index (χ1) is 9.06. The molecular formula is C11H18N4O3S. The van der Waals surface area contributed by atoms with Crippen LogP contribution < -0.4 is 4.90 Å². The van der Waals surface area contributed by atoms with E-state index < -0.39 is 10.0 Å². The van der Waals surface area contributed by atoms with Crippen molar-refractivity contribution in [2.24, 2.45) is 0 Å². The van der Waals surface area contributed by atoms with Gasteiger partial charge in [-0.15, -0.1) is 5.10 Å². The highest BCUT2D eigenvalue weighted by atomic mass is 32.2. The lowest BCUT2D eigenvalue weighted by atomic mass is 10.1. The largest absolute Gasteiger partial charge is 0.408 e. The Hall–Kier alpha value is -1.15. The number of rotatable bonds is 2. The third-order valence-electron chi connectivity index (χ3n) is 3.73. The molecule has 1 unspecified atom stereocenters. The normalized spacial score (nSPS) is 27.8. The molecule has 0 aromatic carbocycles. The number of aryl methyl sites for hydroxylation is 1. The van der Waals surface area contributed by atoms with Crippen molar-refractivity contribution in [3.8, 4) is 0 Å². The van der Waals surface area contributed by atoms with Gasteiger partial charge in [-0.05, 0) is 19.3 Å². The molecule has 2 fully saturated rings. The zero-order valence-corrected chi connectivity index (χ0v) is 11.8. The molecule has 0 N–H and O–H groups in total. The Kier molecular flexibility index (Phi) is 3.22. The Morgan fingerprint density at radius 3 is 2.74 bits per heavy atom. The first kappa shape index (κ1) is 12.9. The van der Waals surface area contributed by atoms with E-state index in [0.717, 1.165) is 25.8 Å². The third kappa shape index (κ3) is 2.46. The molecule has 3 heterocycles. The molecule has 1 aromatic rings. The molecule has 0 saturated carbocycles. The average molecular weight is 286 g/mol. The summed E-state index contributed by atoms with van der Waals surface area (Å²) in [4.78, 5) is 1.99. The number of sulfonamides is 1. The highest BCUT2D eigenvalue weighted by Crippen LogP contribution is 2.26. The molecule has 0 spiro atoms. The van der Waals surface area contributed by atoms with Gasteiger partial charge < -0.3 is 9.32 Å². The van der Waals surface area contributed by atoms with Crippen LogP contribution in [-0.4, -0.2) is 54.3 Å². The predicted molar refractivity (Wildman–Crippen MR) is 69.4 cm³/mol. The van der Waals surface area contributed by atoms with Crippen LogP contribution in [0.2, 0.25) is 0 Å². The van der Waals surface area contributed by atoms with Crippen LogP contribution in [0, 0.1) is 6.92 Å². The first-order valence-corrected chi connectivity index (χ1v) is 8.22. The number of hydrogen-bond acceptors (Lipinski definition) is 6. The molecule has 3 rings (SSSR count). The van der Waals surface area contributed by atoms with E-state index in [1.807, 2.05) is 4.90 Å². The van der Waals surface area contributed by atoms with E-state index in [9.17, 15) is 8.42 Å². The van der Waals surface area contributed by atoms with Crippen molar-refractivity contribution in [3.63, 3.8) is 0 Å². The molecule has 0 bridgehead atoms. The quantitative estimate of drug-likeness (QED) is 0.782. The molecular weight excluding hydrogens is 268 g/mol. The van der Waals surface area contributed by atoms with E-state index >= 15 is 0 Å². The standard InChI is InChI=1S/C11H18N4O3S/c1-9-12-13-11(18-9)14-5-2-4-10(8-14)15-6-3-7-19(15,16)17/h10H,2-8H2,1H3. The SMILES string of the molecule is Cc1nnc(N2CCCC(N3CCCS3(=O)=O)C2)o1. The Morgan fingerprint density at radius 1 is 1.26 bits per heavy atom. The second-order valence-corrected chi connectivity index (χ2v) is 7.17. The van der Waals surface area contributed by atoms with Crippen molar-refractivity contribution in [1.29, 1.82) is 0 Å². The van der Waals surface area contributed by atoms with Gasteiger partial charge in [-0.3, -0.25) is 0 Å². The predicted octanol–water partition coefficient (Wildman–Crippen LogP) is 0.382. The summed E-state index contributed by atoms with van der Waals surface area (Å²) in [7, 11) is -3.05. The molecule has 2 aliphatic heterocycles. The zero-order valence-electron chi connectivity index (χ0n) is 10.9. The van der Waals surface area contributed by atoms with Crippen LogP contribution in [0.3, 0.4) is 0 Å². The lowest BCUT2D eigenvalue weighted by Crippen LogP contribution is -2.48. The van der Waals surface area contributed by atoms with Gasteiger partial charge in [0.2, 0.25) is 15.9 Å². The Balaban J connectivity index is 1.75. The summed E-state index contributed by atoms with van der Waals surface area (Å²) in [5.41, 5.74) is 0. The van der Waals surface area contributed by atoms with E-state index in [4.69, 9.17) is 4.42 Å². The fraction of sp³-hybridized carbons (Fsp3) is 0.818. The van der Waals surface area contributed by atoms with Crippen LogP contribution in [0.5, 0.6) is 0 Å².